The number of rotatable bonds is 5. The fourth-order valence-electron chi connectivity index (χ4n) is 2.29. The number of hydrogen-bond acceptors (Lipinski definition) is 1. The van der Waals surface area contributed by atoms with Crippen molar-refractivity contribution in [3.05, 3.63) is 70.8 Å². The van der Waals surface area contributed by atoms with Crippen LogP contribution < -0.4 is 5.73 Å². The van der Waals surface area contributed by atoms with Crippen molar-refractivity contribution in [3.63, 3.8) is 0 Å². The Morgan fingerprint density at radius 3 is 1.50 bits per heavy atom. The molecule has 0 fully saturated rings. The van der Waals surface area contributed by atoms with Gasteiger partial charge in [0.15, 0.2) is 0 Å². The number of primary amides is 1. The third-order valence-corrected chi connectivity index (χ3v) is 3.61. The van der Waals surface area contributed by atoms with Crippen LogP contribution in [-0.4, -0.2) is 5.91 Å². The highest BCUT2D eigenvalue weighted by Crippen LogP contribution is 2.16. The predicted octanol–water partition coefficient (Wildman–Crippen LogP) is 3.19. The fraction of sp³-hybridized carbons (Fsp3) is 0.278. The molecule has 0 aliphatic rings. The average Bonchev–Trinajstić information content (AvgIpc) is 2.42. The zero-order valence-electron chi connectivity index (χ0n) is 12.1. The van der Waals surface area contributed by atoms with E-state index in [-0.39, 0.29) is 11.8 Å². The van der Waals surface area contributed by atoms with E-state index in [4.69, 9.17) is 5.73 Å². The zero-order chi connectivity index (χ0) is 14.5. The van der Waals surface area contributed by atoms with Crippen molar-refractivity contribution in [1.82, 2.24) is 0 Å². The van der Waals surface area contributed by atoms with Crippen molar-refractivity contribution in [3.8, 4) is 0 Å². The van der Waals surface area contributed by atoms with Crippen LogP contribution in [0, 0.1) is 19.8 Å². The topological polar surface area (TPSA) is 43.1 Å². The second kappa shape index (κ2) is 6.38. The molecule has 2 aromatic rings. The number of benzene rings is 2. The average molecular weight is 267 g/mol. The maximum atomic E-state index is 11.7. The van der Waals surface area contributed by atoms with Gasteiger partial charge in [0, 0.05) is 5.92 Å². The molecule has 2 N–H and O–H groups in total. The van der Waals surface area contributed by atoms with Gasteiger partial charge >= 0.3 is 0 Å². The van der Waals surface area contributed by atoms with Crippen molar-refractivity contribution < 1.29 is 4.79 Å². The van der Waals surface area contributed by atoms with Crippen LogP contribution in [0.2, 0.25) is 0 Å². The van der Waals surface area contributed by atoms with Crippen LogP contribution >= 0.6 is 0 Å². The summed E-state index contributed by atoms with van der Waals surface area (Å²) in [5, 5.41) is 0. The van der Waals surface area contributed by atoms with Gasteiger partial charge in [0.1, 0.15) is 0 Å². The Bertz CT molecular complexity index is 522. The van der Waals surface area contributed by atoms with Crippen LogP contribution in [0.3, 0.4) is 0 Å². The summed E-state index contributed by atoms with van der Waals surface area (Å²) in [6, 6.07) is 16.6. The van der Waals surface area contributed by atoms with Gasteiger partial charge in [-0.1, -0.05) is 59.7 Å². The predicted molar refractivity (Wildman–Crippen MR) is 82.5 cm³/mol. The second-order valence-corrected chi connectivity index (χ2v) is 5.48. The Balaban J connectivity index is 2.09. The van der Waals surface area contributed by atoms with Crippen molar-refractivity contribution in [2.24, 2.45) is 11.7 Å². The summed E-state index contributed by atoms with van der Waals surface area (Å²) >= 11 is 0. The molecule has 20 heavy (non-hydrogen) atoms. The van der Waals surface area contributed by atoms with E-state index in [2.05, 4.69) is 62.4 Å². The van der Waals surface area contributed by atoms with E-state index in [1.165, 1.54) is 11.1 Å². The quantitative estimate of drug-likeness (QED) is 0.888. The lowest BCUT2D eigenvalue weighted by atomic mass is 9.91. The third kappa shape index (κ3) is 3.95. The Hall–Kier alpha value is -2.09. The summed E-state index contributed by atoms with van der Waals surface area (Å²) in [5.74, 6) is -0.383. The molecule has 0 aromatic heterocycles. The van der Waals surface area contributed by atoms with Gasteiger partial charge in [0.25, 0.3) is 0 Å². The van der Waals surface area contributed by atoms with Gasteiger partial charge in [-0.25, -0.2) is 0 Å². The maximum Gasteiger partial charge on any atom is 0.221 e. The standard InChI is InChI=1S/C18H21NO/c1-13-3-7-15(8-4-13)11-17(18(19)20)12-16-9-5-14(2)6-10-16/h3-10,17H,11-12H2,1-2H3,(H2,19,20). The van der Waals surface area contributed by atoms with E-state index < -0.39 is 0 Å². The Kier molecular flexibility index (Phi) is 4.57. The largest absolute Gasteiger partial charge is 0.369 e. The summed E-state index contributed by atoms with van der Waals surface area (Å²) < 4.78 is 0. The molecule has 0 radical (unpaired) electrons. The van der Waals surface area contributed by atoms with E-state index in [1.807, 2.05) is 0 Å². The summed E-state index contributed by atoms with van der Waals surface area (Å²) in [4.78, 5) is 11.7. The van der Waals surface area contributed by atoms with Crippen LogP contribution in [0.1, 0.15) is 22.3 Å². The van der Waals surface area contributed by atoms with Gasteiger partial charge in [-0.15, -0.1) is 0 Å². The van der Waals surface area contributed by atoms with Gasteiger partial charge in [-0.05, 0) is 37.8 Å². The first-order valence-corrected chi connectivity index (χ1v) is 6.95. The minimum Gasteiger partial charge on any atom is -0.369 e. The Morgan fingerprint density at radius 1 is 0.850 bits per heavy atom. The van der Waals surface area contributed by atoms with Gasteiger partial charge in [0.2, 0.25) is 5.91 Å². The highest BCUT2D eigenvalue weighted by Gasteiger charge is 2.16. The number of nitrogens with two attached hydrogens (primary N) is 1. The van der Waals surface area contributed by atoms with Crippen molar-refractivity contribution in [2.75, 3.05) is 0 Å². The SMILES string of the molecule is Cc1ccc(CC(Cc2ccc(C)cc2)C(N)=O)cc1. The first kappa shape index (κ1) is 14.3. The third-order valence-electron chi connectivity index (χ3n) is 3.61. The number of hydrogen-bond donors (Lipinski definition) is 1. The van der Waals surface area contributed by atoms with E-state index in [1.54, 1.807) is 0 Å². The normalized spacial score (nSPS) is 10.8. The summed E-state index contributed by atoms with van der Waals surface area (Å²) in [5.41, 5.74) is 10.3. The lowest BCUT2D eigenvalue weighted by molar-refractivity contribution is -0.121. The molecule has 0 bridgehead atoms. The lowest BCUT2D eigenvalue weighted by Crippen LogP contribution is -2.27. The molecule has 2 nitrogen and oxygen atoms in total. The van der Waals surface area contributed by atoms with Gasteiger partial charge in [-0.2, -0.15) is 0 Å². The molecule has 0 heterocycles. The van der Waals surface area contributed by atoms with Crippen LogP contribution in [0.5, 0.6) is 0 Å². The number of aryl methyl sites for hydroxylation is 2. The van der Waals surface area contributed by atoms with Gasteiger partial charge in [-0.3, -0.25) is 4.79 Å². The molecular weight excluding hydrogens is 246 g/mol. The number of carbonyl (C=O) groups is 1. The molecule has 2 rings (SSSR count). The van der Waals surface area contributed by atoms with E-state index in [9.17, 15) is 4.79 Å². The monoisotopic (exact) mass is 267 g/mol. The van der Waals surface area contributed by atoms with E-state index >= 15 is 0 Å². The molecule has 0 aliphatic heterocycles. The molecule has 0 atom stereocenters. The first-order valence-electron chi connectivity index (χ1n) is 6.95. The summed E-state index contributed by atoms with van der Waals surface area (Å²) in [7, 11) is 0. The van der Waals surface area contributed by atoms with E-state index in [0.717, 1.165) is 11.1 Å². The molecule has 1 amide bonds. The van der Waals surface area contributed by atoms with Crippen molar-refractivity contribution >= 4 is 5.91 Å². The van der Waals surface area contributed by atoms with E-state index in [0.29, 0.717) is 12.8 Å². The minimum absolute atomic E-state index is 0.152. The molecule has 0 saturated carbocycles. The molecule has 0 unspecified atom stereocenters. The molecule has 0 spiro atoms. The summed E-state index contributed by atoms with van der Waals surface area (Å²) in [6.07, 6.45) is 1.40. The minimum atomic E-state index is -0.230. The first-order chi connectivity index (χ1) is 9.54. The van der Waals surface area contributed by atoms with Crippen LogP contribution in [0.4, 0.5) is 0 Å². The highest BCUT2D eigenvalue weighted by molar-refractivity contribution is 5.77. The zero-order valence-corrected chi connectivity index (χ0v) is 12.1. The molecule has 104 valence electrons. The van der Waals surface area contributed by atoms with Crippen LogP contribution in [-0.2, 0) is 17.6 Å². The Labute approximate surface area is 120 Å². The van der Waals surface area contributed by atoms with Gasteiger partial charge < -0.3 is 5.73 Å². The highest BCUT2D eigenvalue weighted by atomic mass is 16.1. The number of carbonyl (C=O) groups excluding carboxylic acids is 1. The maximum absolute atomic E-state index is 11.7. The molecule has 2 aromatic carbocycles. The van der Waals surface area contributed by atoms with Crippen molar-refractivity contribution in [1.29, 1.82) is 0 Å². The molecule has 0 saturated heterocycles. The fourth-order valence-corrected chi connectivity index (χ4v) is 2.29. The van der Waals surface area contributed by atoms with Gasteiger partial charge in [0.05, 0.1) is 0 Å². The lowest BCUT2D eigenvalue weighted by Gasteiger charge is -2.14. The van der Waals surface area contributed by atoms with Crippen molar-refractivity contribution in [2.45, 2.75) is 26.7 Å². The molecule has 0 aliphatic carbocycles. The van der Waals surface area contributed by atoms with Crippen LogP contribution in [0.15, 0.2) is 48.5 Å². The molecular formula is C18H21NO. The number of amides is 1. The Morgan fingerprint density at radius 2 is 1.20 bits per heavy atom. The summed E-state index contributed by atoms with van der Waals surface area (Å²) in [6.45, 7) is 4.11. The smallest absolute Gasteiger partial charge is 0.221 e. The molecule has 2 heteroatoms. The second-order valence-electron chi connectivity index (χ2n) is 5.48. The van der Waals surface area contributed by atoms with Crippen LogP contribution in [0.25, 0.3) is 0 Å².